The van der Waals surface area contributed by atoms with Gasteiger partial charge in [-0.2, -0.15) is 0 Å². The molecule has 0 spiro atoms. The van der Waals surface area contributed by atoms with E-state index in [9.17, 15) is 9.90 Å². The second-order valence-corrected chi connectivity index (χ2v) is 7.04. The molecule has 2 aromatic rings. The Hall–Kier alpha value is -2.53. The lowest BCUT2D eigenvalue weighted by molar-refractivity contribution is -0.141. The van der Waals surface area contributed by atoms with Gasteiger partial charge < -0.3 is 19.6 Å². The number of aliphatic hydroxyl groups is 1. The molecule has 0 aromatic heterocycles. The van der Waals surface area contributed by atoms with E-state index in [1.165, 1.54) is 11.3 Å². The minimum Gasteiger partial charge on any atom is -0.490 e. The molecule has 5 nitrogen and oxygen atoms in total. The normalized spacial score (nSPS) is 16.0. The maximum atomic E-state index is 12.6. The van der Waals surface area contributed by atoms with E-state index in [0.717, 1.165) is 25.1 Å². The number of hydrogen-bond donors (Lipinski definition) is 1. The molecule has 0 bridgehead atoms. The first kappa shape index (κ1) is 19.2. The monoisotopic (exact) mass is 368 g/mol. The van der Waals surface area contributed by atoms with Crippen LogP contribution in [0.2, 0.25) is 0 Å². The highest BCUT2D eigenvalue weighted by atomic mass is 16.5. The summed E-state index contributed by atoms with van der Waals surface area (Å²) >= 11 is 0. The lowest BCUT2D eigenvalue weighted by Gasteiger charge is -2.26. The summed E-state index contributed by atoms with van der Waals surface area (Å²) in [5.41, 5.74) is 3.44. The van der Waals surface area contributed by atoms with Crippen molar-refractivity contribution in [1.29, 1.82) is 0 Å². The Morgan fingerprint density at radius 2 is 1.70 bits per heavy atom. The van der Waals surface area contributed by atoms with E-state index in [2.05, 4.69) is 24.0 Å². The van der Waals surface area contributed by atoms with Crippen molar-refractivity contribution in [1.82, 2.24) is 4.90 Å². The van der Waals surface area contributed by atoms with Gasteiger partial charge in [-0.05, 0) is 43.5 Å². The van der Waals surface area contributed by atoms with Crippen LogP contribution in [0.25, 0.3) is 0 Å². The molecule has 1 N–H and O–H groups in total. The molecule has 2 aromatic carbocycles. The van der Waals surface area contributed by atoms with E-state index in [0.29, 0.717) is 18.8 Å². The number of aliphatic hydroxyl groups excluding tert-OH is 1. The molecular formula is C22H28N2O3. The Balaban J connectivity index is 1.56. The van der Waals surface area contributed by atoms with Gasteiger partial charge in [0, 0.05) is 31.9 Å². The predicted octanol–water partition coefficient (Wildman–Crippen LogP) is 2.78. The van der Waals surface area contributed by atoms with Gasteiger partial charge in [0.1, 0.15) is 12.4 Å². The van der Waals surface area contributed by atoms with E-state index in [1.54, 1.807) is 4.90 Å². The van der Waals surface area contributed by atoms with Crippen LogP contribution in [0, 0.1) is 13.8 Å². The summed E-state index contributed by atoms with van der Waals surface area (Å²) in [5.74, 6) is 0.446. The van der Waals surface area contributed by atoms with Gasteiger partial charge in [0.15, 0.2) is 6.10 Å². The second kappa shape index (κ2) is 8.91. The summed E-state index contributed by atoms with van der Waals surface area (Å²) in [6, 6.07) is 15.9. The third-order valence-electron chi connectivity index (χ3n) is 5.04. The van der Waals surface area contributed by atoms with E-state index in [1.807, 2.05) is 43.3 Å². The molecule has 27 heavy (non-hydrogen) atoms. The van der Waals surface area contributed by atoms with Crippen LogP contribution in [-0.4, -0.2) is 54.8 Å². The molecule has 0 radical (unpaired) electrons. The van der Waals surface area contributed by atoms with Gasteiger partial charge in [0.2, 0.25) is 0 Å². The highest BCUT2D eigenvalue weighted by molar-refractivity contribution is 5.81. The largest absolute Gasteiger partial charge is 0.490 e. The molecule has 1 atom stereocenters. The standard InChI is InChI=1S/C22H28N2O3/c1-17-8-3-5-10-19(17)23-12-7-13-24(15-14-23)22(26)20(25)16-27-21-11-6-4-9-18(21)2/h3-6,8-11,20,25H,7,12-16H2,1-2H3/t20-/m0/s1. The Kier molecular flexibility index (Phi) is 6.35. The van der Waals surface area contributed by atoms with Gasteiger partial charge in [-0.3, -0.25) is 4.79 Å². The molecule has 0 aliphatic carbocycles. The first-order chi connectivity index (χ1) is 13.1. The molecule has 3 rings (SSSR count). The van der Waals surface area contributed by atoms with E-state index in [4.69, 9.17) is 4.74 Å². The number of anilines is 1. The average molecular weight is 368 g/mol. The smallest absolute Gasteiger partial charge is 0.255 e. The number of amides is 1. The molecule has 0 saturated carbocycles. The number of para-hydroxylation sites is 2. The minimum atomic E-state index is -1.14. The molecular weight excluding hydrogens is 340 g/mol. The van der Waals surface area contributed by atoms with Crippen molar-refractivity contribution in [3.05, 3.63) is 59.7 Å². The topological polar surface area (TPSA) is 53.0 Å². The number of aryl methyl sites for hydroxylation is 2. The summed E-state index contributed by atoms with van der Waals surface area (Å²) in [7, 11) is 0. The van der Waals surface area contributed by atoms with Gasteiger partial charge >= 0.3 is 0 Å². The van der Waals surface area contributed by atoms with Gasteiger partial charge in [-0.15, -0.1) is 0 Å². The molecule has 1 fully saturated rings. The lowest BCUT2D eigenvalue weighted by Crippen LogP contribution is -2.43. The zero-order valence-corrected chi connectivity index (χ0v) is 16.1. The van der Waals surface area contributed by atoms with Crippen LogP contribution in [0.15, 0.2) is 48.5 Å². The molecule has 5 heteroatoms. The lowest BCUT2D eigenvalue weighted by atomic mass is 10.2. The third-order valence-corrected chi connectivity index (χ3v) is 5.04. The Morgan fingerprint density at radius 1 is 1.00 bits per heavy atom. The third kappa shape index (κ3) is 4.80. The van der Waals surface area contributed by atoms with Crippen LogP contribution >= 0.6 is 0 Å². The van der Waals surface area contributed by atoms with Crippen LogP contribution < -0.4 is 9.64 Å². The minimum absolute atomic E-state index is 0.0261. The fourth-order valence-electron chi connectivity index (χ4n) is 3.47. The van der Waals surface area contributed by atoms with E-state index in [-0.39, 0.29) is 12.5 Å². The number of hydrogen-bond acceptors (Lipinski definition) is 4. The van der Waals surface area contributed by atoms with Crippen LogP contribution in [0.1, 0.15) is 17.5 Å². The van der Waals surface area contributed by atoms with Crippen LogP contribution in [-0.2, 0) is 4.79 Å². The molecule has 1 amide bonds. The number of carbonyl (C=O) groups excluding carboxylic acids is 1. The van der Waals surface area contributed by atoms with Gasteiger partial charge in [0.05, 0.1) is 0 Å². The molecule has 1 aliphatic rings. The number of benzene rings is 2. The summed E-state index contributed by atoms with van der Waals surface area (Å²) in [5, 5.41) is 10.3. The molecule has 1 saturated heterocycles. The second-order valence-electron chi connectivity index (χ2n) is 7.04. The van der Waals surface area contributed by atoms with Crippen LogP contribution in [0.4, 0.5) is 5.69 Å². The maximum Gasteiger partial charge on any atom is 0.255 e. The van der Waals surface area contributed by atoms with Gasteiger partial charge in [0.25, 0.3) is 5.91 Å². The van der Waals surface area contributed by atoms with Crippen molar-refractivity contribution >= 4 is 11.6 Å². The zero-order chi connectivity index (χ0) is 19.2. The number of nitrogens with zero attached hydrogens (tertiary/aromatic N) is 2. The molecule has 144 valence electrons. The number of carbonyl (C=O) groups is 1. The summed E-state index contributed by atoms with van der Waals surface area (Å²) in [4.78, 5) is 16.7. The van der Waals surface area contributed by atoms with Crippen molar-refractivity contribution in [3.8, 4) is 5.75 Å². The van der Waals surface area contributed by atoms with E-state index < -0.39 is 6.10 Å². The van der Waals surface area contributed by atoms with Crippen molar-refractivity contribution < 1.29 is 14.6 Å². The highest BCUT2D eigenvalue weighted by Gasteiger charge is 2.25. The highest BCUT2D eigenvalue weighted by Crippen LogP contribution is 2.21. The van der Waals surface area contributed by atoms with Gasteiger partial charge in [-0.25, -0.2) is 0 Å². The quantitative estimate of drug-likeness (QED) is 0.882. The summed E-state index contributed by atoms with van der Waals surface area (Å²) < 4.78 is 5.64. The molecule has 1 heterocycles. The Morgan fingerprint density at radius 3 is 2.44 bits per heavy atom. The fourth-order valence-corrected chi connectivity index (χ4v) is 3.47. The fraction of sp³-hybridized carbons (Fsp3) is 0.409. The van der Waals surface area contributed by atoms with E-state index >= 15 is 0 Å². The number of rotatable bonds is 5. The predicted molar refractivity (Wildman–Crippen MR) is 107 cm³/mol. The SMILES string of the molecule is Cc1ccccc1OC[C@H](O)C(=O)N1CCCN(c2ccccc2C)CC1. The molecule has 1 aliphatic heterocycles. The Labute approximate surface area is 161 Å². The van der Waals surface area contributed by atoms with Crippen LogP contribution in [0.3, 0.4) is 0 Å². The Bertz CT molecular complexity index is 778. The summed E-state index contributed by atoms with van der Waals surface area (Å²) in [6.45, 7) is 6.96. The first-order valence-electron chi connectivity index (χ1n) is 9.52. The number of ether oxygens (including phenoxy) is 1. The van der Waals surface area contributed by atoms with Crippen LogP contribution in [0.5, 0.6) is 5.75 Å². The molecule has 0 unspecified atom stereocenters. The van der Waals surface area contributed by atoms with Gasteiger partial charge in [-0.1, -0.05) is 36.4 Å². The van der Waals surface area contributed by atoms with Crippen molar-refractivity contribution in [2.75, 3.05) is 37.7 Å². The van der Waals surface area contributed by atoms with Crippen molar-refractivity contribution in [2.45, 2.75) is 26.4 Å². The zero-order valence-electron chi connectivity index (χ0n) is 16.1. The maximum absolute atomic E-state index is 12.6. The van der Waals surface area contributed by atoms with Crippen molar-refractivity contribution in [3.63, 3.8) is 0 Å². The first-order valence-corrected chi connectivity index (χ1v) is 9.52. The summed E-state index contributed by atoms with van der Waals surface area (Å²) in [6.07, 6.45) is -0.263. The average Bonchev–Trinajstić information content (AvgIpc) is 2.93. The van der Waals surface area contributed by atoms with Crippen molar-refractivity contribution in [2.24, 2.45) is 0 Å².